The minimum absolute atomic E-state index is 0.0884. The van der Waals surface area contributed by atoms with Crippen LogP contribution in [0.25, 0.3) is 5.57 Å². The molecule has 2 aromatic carbocycles. The molecule has 1 fully saturated rings. The normalized spacial score (nSPS) is 15.5. The first-order valence-electron chi connectivity index (χ1n) is 10.5. The summed E-state index contributed by atoms with van der Waals surface area (Å²) in [7, 11) is 0. The van der Waals surface area contributed by atoms with Crippen LogP contribution in [0.5, 0.6) is 11.5 Å². The molecule has 5 heteroatoms. The molecule has 0 bridgehead atoms. The zero-order chi connectivity index (χ0) is 21.8. The van der Waals surface area contributed by atoms with Crippen molar-refractivity contribution in [2.75, 3.05) is 6.54 Å². The molecule has 0 unspecified atom stereocenters. The number of benzene rings is 2. The Balaban J connectivity index is 1.73. The van der Waals surface area contributed by atoms with Gasteiger partial charge in [-0.1, -0.05) is 42.5 Å². The maximum atomic E-state index is 12.0. The molecule has 0 radical (unpaired) electrons. The zero-order valence-corrected chi connectivity index (χ0v) is 17.3. The third-order valence-corrected chi connectivity index (χ3v) is 5.74. The van der Waals surface area contributed by atoms with Crippen molar-refractivity contribution in [3.8, 4) is 11.5 Å². The molecule has 31 heavy (non-hydrogen) atoms. The second-order valence-corrected chi connectivity index (χ2v) is 7.81. The summed E-state index contributed by atoms with van der Waals surface area (Å²) in [6.07, 6.45) is 9.04. The summed E-state index contributed by atoms with van der Waals surface area (Å²) in [5.41, 5.74) is 5.27. The summed E-state index contributed by atoms with van der Waals surface area (Å²) in [6.45, 7) is 0.417. The second kappa shape index (κ2) is 9.04. The van der Waals surface area contributed by atoms with Gasteiger partial charge >= 0.3 is 0 Å². The summed E-state index contributed by atoms with van der Waals surface area (Å²) in [5.74, 6) is 0.218. The van der Waals surface area contributed by atoms with E-state index in [0.717, 1.165) is 28.7 Å². The summed E-state index contributed by atoms with van der Waals surface area (Å²) in [6, 6.07) is 14.2. The standard InChI is InChI=1S/C26H25NO4/c28-21-11-7-19(8-12-21)26(20-9-13-22(29)14-10-20)23(18-4-1-2-5-18)6-3-17-27-24(30)15-16-25(27)31/h1-2,4,7-14,28-29H,3,5-6,15-17H2. The smallest absolute Gasteiger partial charge is 0.229 e. The Bertz CT molecular complexity index is 1010. The van der Waals surface area contributed by atoms with Crippen molar-refractivity contribution >= 4 is 17.4 Å². The number of rotatable bonds is 7. The molecule has 2 amide bonds. The van der Waals surface area contributed by atoms with Gasteiger partial charge < -0.3 is 10.2 Å². The third-order valence-electron chi connectivity index (χ3n) is 5.74. The Morgan fingerprint density at radius 3 is 1.87 bits per heavy atom. The molecule has 1 aliphatic heterocycles. The van der Waals surface area contributed by atoms with E-state index in [2.05, 4.69) is 12.2 Å². The second-order valence-electron chi connectivity index (χ2n) is 7.81. The number of imide groups is 1. The Labute approximate surface area is 181 Å². The first-order chi connectivity index (χ1) is 15.0. The van der Waals surface area contributed by atoms with Crippen LogP contribution < -0.4 is 0 Å². The van der Waals surface area contributed by atoms with Gasteiger partial charge in [-0.2, -0.15) is 0 Å². The third kappa shape index (κ3) is 4.61. The fourth-order valence-electron chi connectivity index (χ4n) is 4.17. The summed E-state index contributed by atoms with van der Waals surface area (Å²) in [5, 5.41) is 19.5. The van der Waals surface area contributed by atoms with E-state index in [-0.39, 0.29) is 23.3 Å². The molecular weight excluding hydrogens is 390 g/mol. The van der Waals surface area contributed by atoms with E-state index in [4.69, 9.17) is 0 Å². The average Bonchev–Trinajstić information content (AvgIpc) is 3.41. The van der Waals surface area contributed by atoms with E-state index < -0.39 is 0 Å². The molecule has 5 nitrogen and oxygen atoms in total. The van der Waals surface area contributed by atoms with Gasteiger partial charge in [-0.25, -0.2) is 0 Å². The topological polar surface area (TPSA) is 77.8 Å². The van der Waals surface area contributed by atoms with Gasteiger partial charge in [-0.15, -0.1) is 0 Å². The van der Waals surface area contributed by atoms with Gasteiger partial charge in [-0.05, 0) is 71.4 Å². The molecule has 1 aliphatic carbocycles. The Kier molecular flexibility index (Phi) is 6.03. The monoisotopic (exact) mass is 415 g/mol. The molecule has 2 aromatic rings. The predicted molar refractivity (Wildman–Crippen MR) is 119 cm³/mol. The molecule has 2 N–H and O–H groups in total. The maximum absolute atomic E-state index is 12.0. The number of likely N-dealkylation sites (tertiary alicyclic amines) is 1. The van der Waals surface area contributed by atoms with Gasteiger partial charge in [0.25, 0.3) is 0 Å². The Hall–Kier alpha value is -3.60. The van der Waals surface area contributed by atoms with Crippen LogP contribution in [0.4, 0.5) is 0 Å². The first kappa shape index (κ1) is 20.7. The van der Waals surface area contributed by atoms with Gasteiger partial charge in [-0.3, -0.25) is 14.5 Å². The molecule has 1 heterocycles. The van der Waals surface area contributed by atoms with Crippen molar-refractivity contribution in [3.05, 3.63) is 89.0 Å². The molecule has 0 saturated carbocycles. The highest BCUT2D eigenvalue weighted by atomic mass is 16.3. The summed E-state index contributed by atoms with van der Waals surface area (Å²) >= 11 is 0. The SMILES string of the molecule is O=C1CCC(=O)N1CCCC(C1=CC=CC1)=C(c1ccc(O)cc1)c1ccc(O)cc1. The van der Waals surface area contributed by atoms with Crippen LogP contribution in [0, 0.1) is 0 Å². The number of hydrogen-bond acceptors (Lipinski definition) is 4. The molecule has 2 aliphatic rings. The lowest BCUT2D eigenvalue weighted by Crippen LogP contribution is -2.30. The van der Waals surface area contributed by atoms with Crippen LogP contribution in [-0.4, -0.2) is 33.5 Å². The van der Waals surface area contributed by atoms with Crippen molar-refractivity contribution in [3.63, 3.8) is 0 Å². The zero-order valence-electron chi connectivity index (χ0n) is 17.3. The lowest BCUT2D eigenvalue weighted by molar-refractivity contribution is -0.138. The van der Waals surface area contributed by atoms with E-state index >= 15 is 0 Å². The van der Waals surface area contributed by atoms with Gasteiger partial charge in [0, 0.05) is 19.4 Å². The highest BCUT2D eigenvalue weighted by Crippen LogP contribution is 2.37. The van der Waals surface area contributed by atoms with Gasteiger partial charge in [0.05, 0.1) is 0 Å². The number of carbonyl (C=O) groups excluding carboxylic acids is 2. The number of phenolic OH excluding ortho intramolecular Hbond substituents is 2. The molecule has 158 valence electrons. The first-order valence-corrected chi connectivity index (χ1v) is 10.5. The van der Waals surface area contributed by atoms with Gasteiger partial charge in [0.15, 0.2) is 0 Å². The number of nitrogens with zero attached hydrogens (tertiary/aromatic N) is 1. The number of phenols is 2. The van der Waals surface area contributed by atoms with Crippen LogP contribution in [-0.2, 0) is 9.59 Å². The lowest BCUT2D eigenvalue weighted by atomic mass is 9.86. The minimum atomic E-state index is -0.0884. The number of amides is 2. The highest BCUT2D eigenvalue weighted by Gasteiger charge is 2.28. The van der Waals surface area contributed by atoms with Crippen LogP contribution in [0.15, 0.2) is 77.9 Å². The van der Waals surface area contributed by atoms with Crippen LogP contribution >= 0.6 is 0 Å². The maximum Gasteiger partial charge on any atom is 0.229 e. The average molecular weight is 415 g/mol. The van der Waals surface area contributed by atoms with E-state index in [1.54, 1.807) is 24.3 Å². The van der Waals surface area contributed by atoms with Crippen molar-refractivity contribution < 1.29 is 19.8 Å². The Morgan fingerprint density at radius 2 is 1.39 bits per heavy atom. The molecule has 1 saturated heterocycles. The fourth-order valence-corrected chi connectivity index (χ4v) is 4.17. The van der Waals surface area contributed by atoms with Gasteiger partial charge in [0.2, 0.25) is 11.8 Å². The van der Waals surface area contributed by atoms with Gasteiger partial charge in [0.1, 0.15) is 11.5 Å². The summed E-state index contributed by atoms with van der Waals surface area (Å²) in [4.78, 5) is 25.3. The molecule has 0 spiro atoms. The van der Waals surface area contributed by atoms with Crippen molar-refractivity contribution in [2.24, 2.45) is 0 Å². The van der Waals surface area contributed by atoms with Crippen molar-refractivity contribution in [1.82, 2.24) is 4.90 Å². The molecule has 0 atom stereocenters. The molecule has 4 rings (SSSR count). The lowest BCUT2D eigenvalue weighted by Gasteiger charge is -2.20. The predicted octanol–water partition coefficient (Wildman–Crippen LogP) is 4.72. The van der Waals surface area contributed by atoms with Crippen LogP contribution in [0.2, 0.25) is 0 Å². The van der Waals surface area contributed by atoms with Crippen LogP contribution in [0.3, 0.4) is 0 Å². The van der Waals surface area contributed by atoms with E-state index in [1.807, 2.05) is 30.3 Å². The number of carbonyl (C=O) groups is 2. The molecule has 0 aromatic heterocycles. The van der Waals surface area contributed by atoms with Crippen molar-refractivity contribution in [2.45, 2.75) is 32.1 Å². The number of aromatic hydroxyl groups is 2. The van der Waals surface area contributed by atoms with Crippen LogP contribution in [0.1, 0.15) is 43.2 Å². The number of hydrogen-bond donors (Lipinski definition) is 2. The number of allylic oxidation sites excluding steroid dienone is 5. The molecular formula is C26H25NO4. The van der Waals surface area contributed by atoms with E-state index in [0.29, 0.717) is 32.2 Å². The fraction of sp³-hybridized carbons (Fsp3) is 0.231. The van der Waals surface area contributed by atoms with Crippen molar-refractivity contribution in [1.29, 1.82) is 0 Å². The highest BCUT2D eigenvalue weighted by molar-refractivity contribution is 6.01. The quantitative estimate of drug-likeness (QED) is 0.642. The van der Waals surface area contributed by atoms with E-state index in [9.17, 15) is 19.8 Å². The largest absolute Gasteiger partial charge is 0.508 e. The van der Waals surface area contributed by atoms with E-state index in [1.165, 1.54) is 10.5 Å². The minimum Gasteiger partial charge on any atom is -0.508 e. The Morgan fingerprint density at radius 1 is 0.839 bits per heavy atom. The summed E-state index contributed by atoms with van der Waals surface area (Å²) < 4.78 is 0.